The minimum atomic E-state index is -3.68. The molecule has 4 rings (SSSR count). The third kappa shape index (κ3) is 5.04. The molecule has 3 aromatic carbocycles. The molecule has 7 heteroatoms. The summed E-state index contributed by atoms with van der Waals surface area (Å²) in [5, 5.41) is 5.27. The van der Waals surface area contributed by atoms with Crippen molar-refractivity contribution >= 4 is 26.7 Å². The van der Waals surface area contributed by atoms with Gasteiger partial charge in [-0.25, -0.2) is 8.42 Å². The van der Waals surface area contributed by atoms with Crippen LogP contribution < -0.4 is 10.1 Å². The van der Waals surface area contributed by atoms with E-state index in [0.29, 0.717) is 38.3 Å². The molecule has 1 heterocycles. The van der Waals surface area contributed by atoms with Crippen molar-refractivity contribution in [3.8, 4) is 5.75 Å². The zero-order valence-electron chi connectivity index (χ0n) is 19.1. The number of hydrogen-bond acceptors (Lipinski definition) is 4. The molecule has 0 bridgehead atoms. The van der Waals surface area contributed by atoms with E-state index in [4.69, 9.17) is 4.74 Å². The summed E-state index contributed by atoms with van der Waals surface area (Å²) in [6.07, 6.45) is 1.33. The van der Waals surface area contributed by atoms with Crippen LogP contribution in [-0.4, -0.2) is 38.3 Å². The number of ether oxygens (including phenoxy) is 1. The van der Waals surface area contributed by atoms with Crippen molar-refractivity contribution in [2.45, 2.75) is 38.1 Å². The molecule has 174 valence electrons. The Kier molecular flexibility index (Phi) is 7.00. The fourth-order valence-electron chi connectivity index (χ4n) is 4.40. The Morgan fingerprint density at radius 2 is 1.91 bits per heavy atom. The second kappa shape index (κ2) is 9.93. The summed E-state index contributed by atoms with van der Waals surface area (Å²) in [5.41, 5.74) is 1.82. The van der Waals surface area contributed by atoms with E-state index in [2.05, 4.69) is 5.32 Å². The molecule has 0 aromatic heterocycles. The van der Waals surface area contributed by atoms with E-state index in [1.807, 2.05) is 56.3 Å². The van der Waals surface area contributed by atoms with Gasteiger partial charge in [0.05, 0.1) is 17.4 Å². The molecule has 1 fully saturated rings. The number of carbonyl (C=O) groups excluding carboxylic acids is 1. The van der Waals surface area contributed by atoms with Crippen molar-refractivity contribution in [3.05, 3.63) is 71.8 Å². The highest BCUT2D eigenvalue weighted by Crippen LogP contribution is 2.27. The van der Waals surface area contributed by atoms with Crippen LogP contribution in [0.15, 0.2) is 65.6 Å². The molecular weight excluding hydrogens is 436 g/mol. The summed E-state index contributed by atoms with van der Waals surface area (Å²) in [4.78, 5) is 13.2. The lowest BCUT2D eigenvalue weighted by atomic mass is 9.98. The van der Waals surface area contributed by atoms with Gasteiger partial charge in [-0.2, -0.15) is 4.31 Å². The fourth-order valence-corrected chi connectivity index (χ4v) is 6.01. The lowest BCUT2D eigenvalue weighted by Crippen LogP contribution is -2.45. The molecule has 1 atom stereocenters. The second-order valence-corrected chi connectivity index (χ2v) is 10.4. The van der Waals surface area contributed by atoms with Crippen LogP contribution >= 0.6 is 0 Å². The van der Waals surface area contributed by atoms with Gasteiger partial charge in [0.2, 0.25) is 15.9 Å². The Morgan fingerprint density at radius 1 is 1.12 bits per heavy atom. The molecule has 0 saturated carbocycles. The topological polar surface area (TPSA) is 75.7 Å². The molecule has 1 N–H and O–H groups in total. The SMILES string of the molecule is CCOc1ccc(S(=O)(=O)N2CCC[C@@H](C(=O)NCc3cccc4ccccc34)C2)cc1C. The summed E-state index contributed by atoms with van der Waals surface area (Å²) in [6, 6.07) is 19.0. The minimum Gasteiger partial charge on any atom is -0.494 e. The number of nitrogens with zero attached hydrogens (tertiary/aromatic N) is 1. The summed E-state index contributed by atoms with van der Waals surface area (Å²) in [6.45, 7) is 5.28. The van der Waals surface area contributed by atoms with Crippen LogP contribution in [0.4, 0.5) is 0 Å². The van der Waals surface area contributed by atoms with Gasteiger partial charge in [-0.15, -0.1) is 0 Å². The summed E-state index contributed by atoms with van der Waals surface area (Å²) in [7, 11) is -3.68. The number of benzene rings is 3. The molecule has 1 saturated heterocycles. The smallest absolute Gasteiger partial charge is 0.243 e. The van der Waals surface area contributed by atoms with Crippen molar-refractivity contribution in [2.75, 3.05) is 19.7 Å². The first-order chi connectivity index (χ1) is 15.9. The maximum absolute atomic E-state index is 13.3. The number of amides is 1. The molecule has 0 spiro atoms. The van der Waals surface area contributed by atoms with E-state index in [1.165, 1.54) is 4.31 Å². The number of nitrogens with one attached hydrogen (secondary N) is 1. The van der Waals surface area contributed by atoms with Gasteiger partial charge in [-0.3, -0.25) is 4.79 Å². The number of fused-ring (bicyclic) bond motifs is 1. The first kappa shape index (κ1) is 23.3. The lowest BCUT2D eigenvalue weighted by Gasteiger charge is -2.31. The molecule has 33 heavy (non-hydrogen) atoms. The summed E-state index contributed by atoms with van der Waals surface area (Å²) < 4.78 is 33.5. The molecule has 3 aromatic rings. The van der Waals surface area contributed by atoms with Gasteiger partial charge in [0, 0.05) is 19.6 Å². The Balaban J connectivity index is 1.44. The maximum atomic E-state index is 13.3. The Bertz CT molecular complexity index is 1250. The Morgan fingerprint density at radius 3 is 2.70 bits per heavy atom. The van der Waals surface area contributed by atoms with Gasteiger partial charge in [-0.05, 0) is 66.8 Å². The molecule has 1 aliphatic heterocycles. The first-order valence-corrected chi connectivity index (χ1v) is 12.8. The van der Waals surface area contributed by atoms with E-state index in [0.717, 1.165) is 21.9 Å². The fraction of sp³-hybridized carbons (Fsp3) is 0.346. The highest BCUT2D eigenvalue weighted by molar-refractivity contribution is 7.89. The highest BCUT2D eigenvalue weighted by atomic mass is 32.2. The van der Waals surface area contributed by atoms with Crippen LogP contribution in [0.3, 0.4) is 0 Å². The average molecular weight is 467 g/mol. The van der Waals surface area contributed by atoms with Crippen molar-refractivity contribution in [1.82, 2.24) is 9.62 Å². The molecule has 1 aliphatic rings. The zero-order valence-corrected chi connectivity index (χ0v) is 19.9. The van der Waals surface area contributed by atoms with Crippen molar-refractivity contribution in [3.63, 3.8) is 0 Å². The number of aryl methyl sites for hydroxylation is 1. The third-order valence-electron chi connectivity index (χ3n) is 6.17. The highest BCUT2D eigenvalue weighted by Gasteiger charge is 2.33. The predicted octanol–water partition coefficient (Wildman–Crippen LogP) is 4.26. The predicted molar refractivity (Wildman–Crippen MR) is 130 cm³/mol. The van der Waals surface area contributed by atoms with Crippen LogP contribution in [0, 0.1) is 12.8 Å². The maximum Gasteiger partial charge on any atom is 0.243 e. The van der Waals surface area contributed by atoms with Gasteiger partial charge in [0.25, 0.3) is 0 Å². The van der Waals surface area contributed by atoms with Crippen molar-refractivity contribution in [2.24, 2.45) is 5.92 Å². The molecular formula is C26H30N2O4S. The van der Waals surface area contributed by atoms with E-state index in [1.54, 1.807) is 18.2 Å². The van der Waals surface area contributed by atoms with Crippen LogP contribution in [0.2, 0.25) is 0 Å². The van der Waals surface area contributed by atoms with Crippen LogP contribution in [0.25, 0.3) is 10.8 Å². The summed E-state index contributed by atoms with van der Waals surface area (Å²) >= 11 is 0. The van der Waals surface area contributed by atoms with E-state index in [-0.39, 0.29) is 23.3 Å². The molecule has 0 unspecified atom stereocenters. The quantitative estimate of drug-likeness (QED) is 0.564. The van der Waals surface area contributed by atoms with Crippen molar-refractivity contribution < 1.29 is 17.9 Å². The van der Waals surface area contributed by atoms with Gasteiger partial charge < -0.3 is 10.1 Å². The first-order valence-electron chi connectivity index (χ1n) is 11.4. The van der Waals surface area contributed by atoms with Crippen LogP contribution in [-0.2, 0) is 21.4 Å². The largest absolute Gasteiger partial charge is 0.494 e. The molecule has 0 aliphatic carbocycles. The number of rotatable bonds is 7. The molecule has 0 radical (unpaired) electrons. The van der Waals surface area contributed by atoms with Crippen LogP contribution in [0.1, 0.15) is 30.9 Å². The minimum absolute atomic E-state index is 0.106. The Hall–Kier alpha value is -2.90. The average Bonchev–Trinajstić information content (AvgIpc) is 2.84. The van der Waals surface area contributed by atoms with E-state index >= 15 is 0 Å². The molecule has 6 nitrogen and oxygen atoms in total. The monoisotopic (exact) mass is 466 g/mol. The van der Waals surface area contributed by atoms with Gasteiger partial charge in [0.15, 0.2) is 0 Å². The van der Waals surface area contributed by atoms with Gasteiger partial charge in [0.1, 0.15) is 5.75 Å². The summed E-state index contributed by atoms with van der Waals surface area (Å²) in [5.74, 6) is 0.207. The van der Waals surface area contributed by atoms with Crippen molar-refractivity contribution in [1.29, 1.82) is 0 Å². The Labute approximate surface area is 195 Å². The van der Waals surface area contributed by atoms with Crippen LogP contribution in [0.5, 0.6) is 5.75 Å². The molecule has 1 amide bonds. The van der Waals surface area contributed by atoms with E-state index < -0.39 is 10.0 Å². The zero-order chi connectivity index (χ0) is 23.4. The number of carbonyl (C=O) groups is 1. The number of sulfonamides is 1. The van der Waals surface area contributed by atoms with E-state index in [9.17, 15) is 13.2 Å². The second-order valence-electron chi connectivity index (χ2n) is 8.42. The van der Waals surface area contributed by atoms with Gasteiger partial charge >= 0.3 is 0 Å². The number of piperidine rings is 1. The standard InChI is InChI=1S/C26H30N2O4S/c1-3-32-25-14-13-23(16-19(25)2)33(30,31)28-15-7-11-22(18-28)26(29)27-17-21-10-6-9-20-8-4-5-12-24(20)21/h4-6,8-10,12-14,16,22H,3,7,11,15,17-18H2,1-2H3,(H,27,29)/t22-/m1/s1. The van der Waals surface area contributed by atoms with Gasteiger partial charge in [-0.1, -0.05) is 42.5 Å². The lowest BCUT2D eigenvalue weighted by molar-refractivity contribution is -0.126. The third-order valence-corrected chi connectivity index (χ3v) is 8.03. The normalized spacial score (nSPS) is 17.1. The number of hydrogen-bond donors (Lipinski definition) is 1.